The van der Waals surface area contributed by atoms with Gasteiger partial charge in [0.25, 0.3) is 0 Å². The molecule has 1 aromatic carbocycles. The molecule has 1 fully saturated rings. The minimum atomic E-state index is -0.333. The van der Waals surface area contributed by atoms with E-state index >= 15 is 0 Å². The van der Waals surface area contributed by atoms with Crippen molar-refractivity contribution in [2.75, 3.05) is 38.6 Å². The first-order valence-electron chi connectivity index (χ1n) is 6.03. The first kappa shape index (κ1) is 13.0. The Morgan fingerprint density at radius 3 is 3.00 bits per heavy atom. The largest absolute Gasteiger partial charge is 0.314 e. The van der Waals surface area contributed by atoms with Crippen LogP contribution >= 0.6 is 0 Å². The van der Waals surface area contributed by atoms with Crippen LogP contribution in [0.15, 0.2) is 24.3 Å². The number of likely N-dealkylation sites (N-methyl/N-ethyl adjacent to an activating group) is 2. The number of nitrogens with one attached hydrogen (secondary N) is 1. The zero-order valence-corrected chi connectivity index (χ0v) is 10.7. The van der Waals surface area contributed by atoms with E-state index in [2.05, 4.69) is 10.2 Å². The van der Waals surface area contributed by atoms with Crippen molar-refractivity contribution in [3.05, 3.63) is 30.1 Å². The molecule has 0 aromatic heterocycles. The van der Waals surface area contributed by atoms with Gasteiger partial charge < -0.3 is 15.1 Å². The van der Waals surface area contributed by atoms with Crippen LogP contribution in [0.3, 0.4) is 0 Å². The van der Waals surface area contributed by atoms with Crippen LogP contribution in [0.4, 0.5) is 10.1 Å². The van der Waals surface area contributed by atoms with Crippen molar-refractivity contribution in [1.82, 2.24) is 10.2 Å². The van der Waals surface area contributed by atoms with Crippen LogP contribution < -0.4 is 10.2 Å². The highest BCUT2D eigenvalue weighted by atomic mass is 19.1. The predicted octanol–water partition coefficient (Wildman–Crippen LogP) is 0.692. The third kappa shape index (κ3) is 2.86. The number of halogens is 1. The van der Waals surface area contributed by atoms with Gasteiger partial charge in [0.2, 0.25) is 5.91 Å². The summed E-state index contributed by atoms with van der Waals surface area (Å²) >= 11 is 0. The van der Waals surface area contributed by atoms with Gasteiger partial charge in [-0.1, -0.05) is 6.07 Å². The van der Waals surface area contributed by atoms with Crippen LogP contribution in [0, 0.1) is 5.82 Å². The molecule has 1 amide bonds. The number of hydrogen-bond donors (Lipinski definition) is 1. The van der Waals surface area contributed by atoms with Crippen LogP contribution in [-0.4, -0.2) is 50.6 Å². The number of amides is 1. The van der Waals surface area contributed by atoms with E-state index in [9.17, 15) is 9.18 Å². The fourth-order valence-electron chi connectivity index (χ4n) is 2.11. The molecule has 5 heteroatoms. The van der Waals surface area contributed by atoms with Gasteiger partial charge >= 0.3 is 0 Å². The minimum absolute atomic E-state index is 0.0350. The highest BCUT2D eigenvalue weighted by Gasteiger charge is 2.26. The van der Waals surface area contributed by atoms with Gasteiger partial charge in [-0.15, -0.1) is 0 Å². The van der Waals surface area contributed by atoms with Crippen LogP contribution in [0.5, 0.6) is 0 Å². The molecule has 1 unspecified atom stereocenters. The molecular formula is C13H18FN3O. The molecule has 98 valence electrons. The summed E-state index contributed by atoms with van der Waals surface area (Å²) in [5.74, 6) is -0.368. The second kappa shape index (κ2) is 5.46. The molecule has 1 aromatic rings. The van der Waals surface area contributed by atoms with E-state index in [1.54, 1.807) is 19.2 Å². The van der Waals surface area contributed by atoms with E-state index in [0.717, 1.165) is 13.1 Å². The molecule has 0 spiro atoms. The molecule has 0 radical (unpaired) electrons. The Morgan fingerprint density at radius 1 is 1.56 bits per heavy atom. The number of carbonyl (C=O) groups excluding carboxylic acids is 1. The fraction of sp³-hybridized carbons (Fsp3) is 0.462. The summed E-state index contributed by atoms with van der Waals surface area (Å²) in [6.45, 7) is 2.41. The molecule has 0 bridgehead atoms. The summed E-state index contributed by atoms with van der Waals surface area (Å²) in [5.41, 5.74) is 0.579. The summed E-state index contributed by atoms with van der Waals surface area (Å²) in [7, 11) is 3.66. The normalized spacial score (nSPS) is 20.7. The molecule has 1 N–H and O–H groups in total. The van der Waals surface area contributed by atoms with Crippen molar-refractivity contribution in [3.63, 3.8) is 0 Å². The van der Waals surface area contributed by atoms with Gasteiger partial charge in [-0.2, -0.15) is 0 Å². The smallest absolute Gasteiger partial charge is 0.245 e. The van der Waals surface area contributed by atoms with Crippen molar-refractivity contribution in [2.24, 2.45) is 0 Å². The fourth-order valence-corrected chi connectivity index (χ4v) is 2.11. The lowest BCUT2D eigenvalue weighted by atomic mass is 10.2. The van der Waals surface area contributed by atoms with E-state index in [-0.39, 0.29) is 17.8 Å². The number of nitrogens with zero attached hydrogens (tertiary/aromatic N) is 2. The average molecular weight is 251 g/mol. The number of rotatable bonds is 2. The Kier molecular flexibility index (Phi) is 3.93. The van der Waals surface area contributed by atoms with Gasteiger partial charge in [0.05, 0.1) is 0 Å². The lowest BCUT2D eigenvalue weighted by Gasteiger charge is -2.32. The Labute approximate surface area is 106 Å². The highest BCUT2D eigenvalue weighted by molar-refractivity contribution is 5.96. The van der Waals surface area contributed by atoms with Crippen LogP contribution in [-0.2, 0) is 4.79 Å². The third-order valence-corrected chi connectivity index (χ3v) is 3.20. The molecule has 18 heavy (non-hydrogen) atoms. The van der Waals surface area contributed by atoms with Gasteiger partial charge in [0.1, 0.15) is 11.9 Å². The summed E-state index contributed by atoms with van der Waals surface area (Å²) in [6, 6.07) is 5.85. The Morgan fingerprint density at radius 2 is 2.33 bits per heavy atom. The van der Waals surface area contributed by atoms with Crippen LogP contribution in [0.2, 0.25) is 0 Å². The predicted molar refractivity (Wildman–Crippen MR) is 69.1 cm³/mol. The number of piperazine rings is 1. The van der Waals surface area contributed by atoms with E-state index in [1.807, 2.05) is 7.05 Å². The first-order valence-corrected chi connectivity index (χ1v) is 6.03. The zero-order valence-electron chi connectivity index (χ0n) is 10.7. The van der Waals surface area contributed by atoms with Crippen LogP contribution in [0.25, 0.3) is 0 Å². The SMILES string of the molecule is CN1CCNC(C(=O)N(C)c2cccc(F)c2)C1. The highest BCUT2D eigenvalue weighted by Crippen LogP contribution is 2.15. The van der Waals surface area contributed by atoms with E-state index < -0.39 is 0 Å². The van der Waals surface area contributed by atoms with Gasteiger partial charge in [0, 0.05) is 32.4 Å². The molecule has 1 atom stereocenters. The maximum atomic E-state index is 13.1. The molecule has 4 nitrogen and oxygen atoms in total. The third-order valence-electron chi connectivity index (χ3n) is 3.20. The van der Waals surface area contributed by atoms with Gasteiger partial charge in [0.15, 0.2) is 0 Å². The molecule has 1 aliphatic rings. The lowest BCUT2D eigenvalue weighted by Crippen LogP contribution is -2.56. The Balaban J connectivity index is 2.08. The number of hydrogen-bond acceptors (Lipinski definition) is 3. The lowest BCUT2D eigenvalue weighted by molar-refractivity contribution is -0.121. The van der Waals surface area contributed by atoms with Crippen molar-refractivity contribution < 1.29 is 9.18 Å². The summed E-state index contributed by atoms with van der Waals surface area (Å²) in [4.78, 5) is 15.9. The molecule has 1 heterocycles. The summed E-state index contributed by atoms with van der Waals surface area (Å²) in [5, 5.41) is 3.19. The molecule has 0 saturated carbocycles. The molecule has 2 rings (SSSR count). The summed E-state index contributed by atoms with van der Waals surface area (Å²) < 4.78 is 13.1. The Hall–Kier alpha value is -1.46. The monoisotopic (exact) mass is 251 g/mol. The molecular weight excluding hydrogens is 233 g/mol. The van der Waals surface area contributed by atoms with E-state index in [0.29, 0.717) is 12.2 Å². The van der Waals surface area contributed by atoms with Crippen molar-refractivity contribution in [2.45, 2.75) is 6.04 Å². The van der Waals surface area contributed by atoms with E-state index in [1.165, 1.54) is 17.0 Å². The minimum Gasteiger partial charge on any atom is -0.314 e. The van der Waals surface area contributed by atoms with Gasteiger partial charge in [-0.05, 0) is 25.2 Å². The average Bonchev–Trinajstić information content (AvgIpc) is 2.37. The molecule has 1 aliphatic heterocycles. The Bertz CT molecular complexity index is 438. The second-order valence-electron chi connectivity index (χ2n) is 4.65. The number of anilines is 1. The topological polar surface area (TPSA) is 35.6 Å². The zero-order chi connectivity index (χ0) is 13.1. The summed E-state index contributed by atoms with van der Waals surface area (Å²) in [6.07, 6.45) is 0. The van der Waals surface area contributed by atoms with Gasteiger partial charge in [-0.25, -0.2) is 4.39 Å². The first-order chi connectivity index (χ1) is 8.58. The van der Waals surface area contributed by atoms with Crippen molar-refractivity contribution >= 4 is 11.6 Å². The number of benzene rings is 1. The van der Waals surface area contributed by atoms with Crippen LogP contribution in [0.1, 0.15) is 0 Å². The van der Waals surface area contributed by atoms with Gasteiger partial charge in [-0.3, -0.25) is 4.79 Å². The quantitative estimate of drug-likeness (QED) is 0.840. The molecule has 0 aliphatic carbocycles. The van der Waals surface area contributed by atoms with Crippen molar-refractivity contribution in [1.29, 1.82) is 0 Å². The maximum absolute atomic E-state index is 13.1. The van der Waals surface area contributed by atoms with Crippen molar-refractivity contribution in [3.8, 4) is 0 Å². The standard InChI is InChI=1S/C13H18FN3O/c1-16-7-6-15-12(9-16)13(18)17(2)11-5-3-4-10(14)8-11/h3-5,8,12,15H,6-7,9H2,1-2H3. The maximum Gasteiger partial charge on any atom is 0.245 e. The second-order valence-corrected chi connectivity index (χ2v) is 4.65. The van der Waals surface area contributed by atoms with E-state index in [4.69, 9.17) is 0 Å². The number of carbonyl (C=O) groups is 1. The molecule has 1 saturated heterocycles.